The summed E-state index contributed by atoms with van der Waals surface area (Å²) >= 11 is 0. The molecule has 1 atom stereocenters. The number of amides is 1. The Kier molecular flexibility index (Phi) is 10.9. The van der Waals surface area contributed by atoms with Gasteiger partial charge in [0.05, 0.1) is 47.1 Å². The molecule has 44 heavy (non-hydrogen) atoms. The Labute approximate surface area is 256 Å². The number of carbonyl (C=O) groups excluding carboxylic acids is 1. The number of imidazole rings is 2. The first-order valence-electron chi connectivity index (χ1n) is 14.8. The summed E-state index contributed by atoms with van der Waals surface area (Å²) in [6.45, 7) is 9.35. The van der Waals surface area contributed by atoms with E-state index in [9.17, 15) is 14.0 Å². The molecular weight excluding hydrogens is 557 g/mol. The van der Waals surface area contributed by atoms with Gasteiger partial charge in [0.1, 0.15) is 13.2 Å². The van der Waals surface area contributed by atoms with Gasteiger partial charge in [0, 0.05) is 24.5 Å². The molecule has 0 aliphatic carbocycles. The highest BCUT2D eigenvalue weighted by Crippen LogP contribution is 2.27. The maximum Gasteiger partial charge on any atom is 0.334 e. The molecule has 0 unspecified atom stereocenters. The van der Waals surface area contributed by atoms with Gasteiger partial charge in [-0.2, -0.15) is 0 Å². The number of likely N-dealkylation sites (tertiary alicyclic amines) is 1. The van der Waals surface area contributed by atoms with Crippen molar-refractivity contribution in [1.82, 2.24) is 23.4 Å². The molecule has 10 heteroatoms. The van der Waals surface area contributed by atoms with Crippen LogP contribution in [-0.4, -0.2) is 54.9 Å². The number of halogens is 1. The number of alkyl halides is 1. The van der Waals surface area contributed by atoms with Crippen molar-refractivity contribution < 1.29 is 9.18 Å². The Morgan fingerprint density at radius 3 is 2.55 bits per heavy atom. The first-order valence-corrected chi connectivity index (χ1v) is 14.8. The van der Waals surface area contributed by atoms with Crippen LogP contribution in [0.25, 0.3) is 33.4 Å². The number of fused-ring (bicyclic) bond motifs is 2. The number of carbonyl (C=O) groups is 1. The second-order valence-electron chi connectivity index (χ2n) is 10.5. The van der Waals surface area contributed by atoms with Crippen LogP contribution in [0.4, 0.5) is 4.39 Å². The van der Waals surface area contributed by atoms with E-state index in [-0.39, 0.29) is 18.1 Å². The molecule has 5 aromatic rings. The molecular formula is C34H40FN7O2. The largest absolute Gasteiger partial charge is 0.390 e. The fourth-order valence-electron chi connectivity index (χ4n) is 5.46. The normalized spacial score (nSPS) is 14.4. The van der Waals surface area contributed by atoms with Crippen LogP contribution >= 0.6 is 0 Å². The van der Waals surface area contributed by atoms with Crippen molar-refractivity contribution in [1.29, 1.82) is 0 Å². The van der Waals surface area contributed by atoms with Gasteiger partial charge in [0.25, 0.3) is 0 Å². The average Bonchev–Trinajstić information content (AvgIpc) is 3.77. The van der Waals surface area contributed by atoms with Crippen LogP contribution in [0.1, 0.15) is 38.7 Å². The van der Waals surface area contributed by atoms with Crippen LogP contribution < -0.4 is 11.4 Å². The minimum Gasteiger partial charge on any atom is -0.390 e. The molecule has 9 nitrogen and oxygen atoms in total. The lowest BCUT2D eigenvalue weighted by atomic mass is 10.1. The van der Waals surface area contributed by atoms with Gasteiger partial charge in [0.2, 0.25) is 5.91 Å². The van der Waals surface area contributed by atoms with Gasteiger partial charge in [0.15, 0.2) is 0 Å². The van der Waals surface area contributed by atoms with E-state index in [0.29, 0.717) is 18.5 Å². The van der Waals surface area contributed by atoms with Gasteiger partial charge in [-0.05, 0) is 55.2 Å². The van der Waals surface area contributed by atoms with Gasteiger partial charge < -0.3 is 15.0 Å². The fourth-order valence-corrected chi connectivity index (χ4v) is 5.46. The number of aromatic nitrogens is 4. The number of hydrogen-bond donors (Lipinski definition) is 1. The molecule has 0 radical (unpaired) electrons. The number of nitrogens with two attached hydrogens (primary N) is 1. The highest BCUT2D eigenvalue weighted by Gasteiger charge is 2.29. The molecule has 3 aromatic heterocycles. The van der Waals surface area contributed by atoms with Crippen molar-refractivity contribution in [2.24, 2.45) is 10.7 Å². The van der Waals surface area contributed by atoms with E-state index in [1.54, 1.807) is 15.8 Å². The zero-order chi connectivity index (χ0) is 31.6. The van der Waals surface area contributed by atoms with Crippen LogP contribution in [0.15, 0.2) is 95.9 Å². The van der Waals surface area contributed by atoms with E-state index in [2.05, 4.69) is 30.4 Å². The molecule has 1 fully saturated rings. The van der Waals surface area contributed by atoms with Crippen molar-refractivity contribution in [3.8, 4) is 16.8 Å². The highest BCUT2D eigenvalue weighted by atomic mass is 19.1. The molecule has 1 saturated heterocycles. The number of nitrogens with zero attached hydrogens (tertiary/aromatic N) is 6. The van der Waals surface area contributed by atoms with E-state index in [0.717, 1.165) is 39.8 Å². The Hall–Kier alpha value is -4.99. The van der Waals surface area contributed by atoms with Crippen LogP contribution in [-0.2, 0) is 11.3 Å². The summed E-state index contributed by atoms with van der Waals surface area (Å²) in [5.74, 6) is -0.220. The molecule has 2 aromatic carbocycles. The second-order valence-corrected chi connectivity index (χ2v) is 10.5. The first-order chi connectivity index (χ1) is 21.4. The third-order valence-electron chi connectivity index (χ3n) is 7.40. The van der Waals surface area contributed by atoms with Crippen LogP contribution in [0.3, 0.4) is 0 Å². The first kappa shape index (κ1) is 31.9. The number of para-hydroxylation sites is 1. The third kappa shape index (κ3) is 6.64. The number of benzene rings is 2. The Bertz CT molecular complexity index is 1800. The SMILES string of the molecule is C=CN=CN.CCC.Cc1cccc2c1n(-c1ccc(-c3cccn4cncc34)cc1)c(=O)n2CC(=O)N1CCC[C@H]1CF. The van der Waals surface area contributed by atoms with E-state index < -0.39 is 12.7 Å². The maximum atomic E-state index is 13.7. The van der Waals surface area contributed by atoms with E-state index >= 15 is 0 Å². The average molecular weight is 598 g/mol. The summed E-state index contributed by atoms with van der Waals surface area (Å²) < 4.78 is 18.6. The van der Waals surface area contributed by atoms with Crippen molar-refractivity contribution >= 4 is 28.8 Å². The predicted molar refractivity (Wildman–Crippen MR) is 176 cm³/mol. The van der Waals surface area contributed by atoms with E-state index in [1.165, 1.54) is 23.5 Å². The lowest BCUT2D eigenvalue weighted by Crippen LogP contribution is -2.40. The summed E-state index contributed by atoms with van der Waals surface area (Å²) in [7, 11) is 0. The molecule has 230 valence electrons. The lowest BCUT2D eigenvalue weighted by Gasteiger charge is -2.22. The molecule has 1 aliphatic heterocycles. The molecule has 4 heterocycles. The molecule has 1 amide bonds. The van der Waals surface area contributed by atoms with Gasteiger partial charge in [-0.15, -0.1) is 0 Å². The van der Waals surface area contributed by atoms with Gasteiger partial charge in [-0.3, -0.25) is 13.9 Å². The van der Waals surface area contributed by atoms with Crippen molar-refractivity contribution in [3.05, 3.63) is 102 Å². The standard InChI is InChI=1S/C28H26FN5O2.C3H6N2.C3H8/c1-19-5-2-8-24-27(19)34(28(36)33(24)17-26(35)32-14-3-6-22(32)15-29)21-11-9-20(10-12-21)23-7-4-13-31-18-30-16-25(23)31;1-2-5-3-4;1-3-2/h2,4-5,7-13,16,18,22H,3,6,14-15,17H2,1H3;2-3H,1H2,(H2,4,5);3H2,1-2H3/t22-;;/m0../s1. The van der Waals surface area contributed by atoms with Gasteiger partial charge >= 0.3 is 5.69 Å². The summed E-state index contributed by atoms with van der Waals surface area (Å²) in [5, 5.41) is 0. The second kappa shape index (κ2) is 15.0. The lowest BCUT2D eigenvalue weighted by molar-refractivity contribution is -0.132. The van der Waals surface area contributed by atoms with E-state index in [1.807, 2.05) is 78.3 Å². The third-order valence-corrected chi connectivity index (χ3v) is 7.40. The fraction of sp³-hybridized carbons (Fsp3) is 0.294. The van der Waals surface area contributed by atoms with Crippen LogP contribution in [0.5, 0.6) is 0 Å². The topological polar surface area (TPSA) is 103 Å². The van der Waals surface area contributed by atoms with Gasteiger partial charge in [-0.1, -0.05) is 57.2 Å². The number of aliphatic imine (C=N–C) groups is 1. The minimum atomic E-state index is -0.555. The number of pyridine rings is 1. The number of rotatable bonds is 6. The number of hydrogen-bond acceptors (Lipinski definition) is 4. The molecule has 2 N–H and O–H groups in total. The van der Waals surface area contributed by atoms with Crippen LogP contribution in [0, 0.1) is 6.92 Å². The number of aryl methyl sites for hydroxylation is 1. The van der Waals surface area contributed by atoms with Crippen molar-refractivity contribution in [2.45, 2.75) is 52.6 Å². The predicted octanol–water partition coefficient (Wildman–Crippen LogP) is 5.91. The van der Waals surface area contributed by atoms with Gasteiger partial charge in [-0.25, -0.2) is 19.2 Å². The molecule has 0 bridgehead atoms. The van der Waals surface area contributed by atoms with Crippen molar-refractivity contribution in [2.75, 3.05) is 13.2 Å². The summed E-state index contributed by atoms with van der Waals surface area (Å²) in [4.78, 5) is 36.0. The van der Waals surface area contributed by atoms with Crippen molar-refractivity contribution in [3.63, 3.8) is 0 Å². The Balaban J connectivity index is 0.000000496. The highest BCUT2D eigenvalue weighted by molar-refractivity contribution is 5.85. The molecule has 0 saturated carbocycles. The summed E-state index contributed by atoms with van der Waals surface area (Å²) in [5.41, 5.74) is 10.7. The minimum absolute atomic E-state index is 0.108. The van der Waals surface area contributed by atoms with E-state index in [4.69, 9.17) is 5.73 Å². The Morgan fingerprint density at radius 2 is 1.89 bits per heavy atom. The molecule has 6 rings (SSSR count). The zero-order valence-electron chi connectivity index (χ0n) is 25.6. The maximum absolute atomic E-state index is 13.7. The molecule has 0 spiro atoms. The Morgan fingerprint density at radius 1 is 1.14 bits per heavy atom. The quantitative estimate of drug-likeness (QED) is 0.194. The smallest absolute Gasteiger partial charge is 0.334 e. The summed E-state index contributed by atoms with van der Waals surface area (Å²) in [6, 6.07) is 17.2. The molecule has 1 aliphatic rings. The van der Waals surface area contributed by atoms with Crippen LogP contribution in [0.2, 0.25) is 0 Å². The monoisotopic (exact) mass is 597 g/mol. The summed E-state index contributed by atoms with van der Waals surface area (Å²) in [6.07, 6.45) is 10.8. The zero-order valence-corrected chi connectivity index (χ0v) is 25.6.